The van der Waals surface area contributed by atoms with Gasteiger partial charge in [-0.1, -0.05) is 12.1 Å². The van der Waals surface area contributed by atoms with Crippen LogP contribution in [0.2, 0.25) is 0 Å². The lowest BCUT2D eigenvalue weighted by atomic mass is 10.0. The third kappa shape index (κ3) is 2.45. The summed E-state index contributed by atoms with van der Waals surface area (Å²) in [6, 6.07) is 11.8. The third-order valence-corrected chi connectivity index (χ3v) is 2.69. The van der Waals surface area contributed by atoms with E-state index >= 15 is 0 Å². The number of ether oxygens (including phenoxy) is 1. The molecule has 0 bridgehead atoms. The number of rotatable bonds is 3. The predicted octanol–water partition coefficient (Wildman–Crippen LogP) is 2.78. The van der Waals surface area contributed by atoms with Gasteiger partial charge in [-0.05, 0) is 36.8 Å². The standard InChI is InChI=1S/C14H16N2O/c1-10(15)11-6-7-14(17-2)12(9-11)13-5-3-4-8-16-13/h3-10H,15H2,1-2H3. The monoisotopic (exact) mass is 228 g/mol. The van der Waals surface area contributed by atoms with Gasteiger partial charge in [0.25, 0.3) is 0 Å². The molecule has 1 atom stereocenters. The van der Waals surface area contributed by atoms with Crippen LogP contribution in [0, 0.1) is 0 Å². The lowest BCUT2D eigenvalue weighted by Crippen LogP contribution is -2.05. The van der Waals surface area contributed by atoms with Gasteiger partial charge in [0.1, 0.15) is 5.75 Å². The van der Waals surface area contributed by atoms with E-state index in [0.29, 0.717) is 0 Å². The second-order valence-electron chi connectivity index (χ2n) is 3.96. The lowest BCUT2D eigenvalue weighted by molar-refractivity contribution is 0.416. The normalized spacial score (nSPS) is 12.2. The highest BCUT2D eigenvalue weighted by molar-refractivity contribution is 5.68. The van der Waals surface area contributed by atoms with Gasteiger partial charge in [0.2, 0.25) is 0 Å². The zero-order chi connectivity index (χ0) is 12.3. The van der Waals surface area contributed by atoms with Crippen LogP contribution in [-0.4, -0.2) is 12.1 Å². The summed E-state index contributed by atoms with van der Waals surface area (Å²) in [7, 11) is 1.66. The molecule has 1 aromatic heterocycles. The smallest absolute Gasteiger partial charge is 0.128 e. The minimum Gasteiger partial charge on any atom is -0.496 e. The fraction of sp³-hybridized carbons (Fsp3) is 0.214. The van der Waals surface area contributed by atoms with Gasteiger partial charge in [0.15, 0.2) is 0 Å². The van der Waals surface area contributed by atoms with E-state index in [9.17, 15) is 0 Å². The maximum atomic E-state index is 5.89. The van der Waals surface area contributed by atoms with Crippen LogP contribution in [0.3, 0.4) is 0 Å². The van der Waals surface area contributed by atoms with E-state index in [1.807, 2.05) is 43.3 Å². The van der Waals surface area contributed by atoms with E-state index in [2.05, 4.69) is 4.98 Å². The predicted molar refractivity (Wildman–Crippen MR) is 68.8 cm³/mol. The number of aromatic nitrogens is 1. The maximum Gasteiger partial charge on any atom is 0.128 e. The third-order valence-electron chi connectivity index (χ3n) is 2.69. The molecular formula is C14H16N2O. The number of benzene rings is 1. The van der Waals surface area contributed by atoms with Crippen LogP contribution in [0.1, 0.15) is 18.5 Å². The first-order chi connectivity index (χ1) is 8.22. The molecule has 88 valence electrons. The Morgan fingerprint density at radius 3 is 2.65 bits per heavy atom. The van der Waals surface area contributed by atoms with E-state index in [0.717, 1.165) is 22.6 Å². The average molecular weight is 228 g/mol. The molecule has 0 aliphatic carbocycles. The van der Waals surface area contributed by atoms with E-state index in [-0.39, 0.29) is 6.04 Å². The largest absolute Gasteiger partial charge is 0.496 e. The van der Waals surface area contributed by atoms with Crippen molar-refractivity contribution < 1.29 is 4.74 Å². The average Bonchev–Trinajstić information content (AvgIpc) is 2.39. The van der Waals surface area contributed by atoms with Crippen molar-refractivity contribution in [1.29, 1.82) is 0 Å². The van der Waals surface area contributed by atoms with Crippen molar-refractivity contribution in [3.63, 3.8) is 0 Å². The molecule has 17 heavy (non-hydrogen) atoms. The van der Waals surface area contributed by atoms with Gasteiger partial charge in [0, 0.05) is 17.8 Å². The van der Waals surface area contributed by atoms with Gasteiger partial charge >= 0.3 is 0 Å². The Hall–Kier alpha value is -1.87. The van der Waals surface area contributed by atoms with Crippen molar-refractivity contribution in [2.45, 2.75) is 13.0 Å². The molecule has 0 spiro atoms. The maximum absolute atomic E-state index is 5.89. The molecule has 0 aliphatic heterocycles. The number of pyridine rings is 1. The Morgan fingerprint density at radius 2 is 2.06 bits per heavy atom. The summed E-state index contributed by atoms with van der Waals surface area (Å²) in [6.45, 7) is 1.96. The van der Waals surface area contributed by atoms with Gasteiger partial charge in [0.05, 0.1) is 12.8 Å². The quantitative estimate of drug-likeness (QED) is 0.878. The summed E-state index contributed by atoms with van der Waals surface area (Å²) >= 11 is 0. The Kier molecular flexibility index (Phi) is 3.40. The second-order valence-corrected chi connectivity index (χ2v) is 3.96. The van der Waals surface area contributed by atoms with Crippen molar-refractivity contribution in [2.75, 3.05) is 7.11 Å². The van der Waals surface area contributed by atoms with Crippen molar-refractivity contribution in [3.8, 4) is 17.0 Å². The Labute approximate surface area is 101 Å². The van der Waals surface area contributed by atoms with E-state index in [1.165, 1.54) is 0 Å². The number of methoxy groups -OCH3 is 1. The first-order valence-corrected chi connectivity index (χ1v) is 5.57. The van der Waals surface area contributed by atoms with Crippen molar-refractivity contribution in [2.24, 2.45) is 5.73 Å². The Morgan fingerprint density at radius 1 is 1.24 bits per heavy atom. The van der Waals surface area contributed by atoms with Crippen LogP contribution < -0.4 is 10.5 Å². The van der Waals surface area contributed by atoms with Crippen molar-refractivity contribution in [1.82, 2.24) is 4.98 Å². The van der Waals surface area contributed by atoms with Crippen LogP contribution in [-0.2, 0) is 0 Å². The van der Waals surface area contributed by atoms with Crippen molar-refractivity contribution >= 4 is 0 Å². The molecule has 1 unspecified atom stereocenters. The summed E-state index contributed by atoms with van der Waals surface area (Å²) in [6.07, 6.45) is 1.77. The van der Waals surface area contributed by atoms with Gasteiger partial charge in [-0.3, -0.25) is 4.98 Å². The zero-order valence-corrected chi connectivity index (χ0v) is 10.1. The Balaban J connectivity index is 2.54. The molecule has 1 aromatic carbocycles. The van der Waals surface area contributed by atoms with Gasteiger partial charge in [-0.15, -0.1) is 0 Å². The fourth-order valence-electron chi connectivity index (χ4n) is 1.73. The first kappa shape index (κ1) is 11.6. The molecule has 0 saturated carbocycles. The molecule has 0 radical (unpaired) electrons. The zero-order valence-electron chi connectivity index (χ0n) is 10.1. The molecule has 0 fully saturated rings. The molecule has 2 aromatic rings. The summed E-state index contributed by atoms with van der Waals surface area (Å²) in [5, 5.41) is 0. The SMILES string of the molecule is COc1ccc(C(C)N)cc1-c1ccccn1. The van der Waals surface area contributed by atoms with Gasteiger partial charge < -0.3 is 10.5 Å². The van der Waals surface area contributed by atoms with Crippen LogP contribution >= 0.6 is 0 Å². The highest BCUT2D eigenvalue weighted by Crippen LogP contribution is 2.30. The van der Waals surface area contributed by atoms with Crippen LogP contribution in [0.15, 0.2) is 42.6 Å². The van der Waals surface area contributed by atoms with Crippen LogP contribution in [0.5, 0.6) is 5.75 Å². The van der Waals surface area contributed by atoms with Crippen LogP contribution in [0.4, 0.5) is 0 Å². The summed E-state index contributed by atoms with van der Waals surface area (Å²) in [4.78, 5) is 4.34. The highest BCUT2D eigenvalue weighted by Gasteiger charge is 2.09. The molecule has 0 saturated heterocycles. The number of hydrogen-bond donors (Lipinski definition) is 1. The van der Waals surface area contributed by atoms with E-state index in [1.54, 1.807) is 13.3 Å². The summed E-state index contributed by atoms with van der Waals surface area (Å²) in [5.41, 5.74) is 8.84. The topological polar surface area (TPSA) is 48.1 Å². The number of nitrogens with two attached hydrogens (primary N) is 1. The van der Waals surface area contributed by atoms with Crippen LogP contribution in [0.25, 0.3) is 11.3 Å². The molecule has 3 nitrogen and oxygen atoms in total. The second kappa shape index (κ2) is 4.97. The van der Waals surface area contributed by atoms with Gasteiger partial charge in [-0.2, -0.15) is 0 Å². The summed E-state index contributed by atoms with van der Waals surface area (Å²) in [5.74, 6) is 0.813. The number of hydrogen-bond acceptors (Lipinski definition) is 3. The van der Waals surface area contributed by atoms with E-state index < -0.39 is 0 Å². The molecule has 2 rings (SSSR count). The first-order valence-electron chi connectivity index (χ1n) is 5.57. The molecular weight excluding hydrogens is 212 g/mol. The minimum atomic E-state index is 0.00312. The molecule has 3 heteroatoms. The molecule has 2 N–H and O–H groups in total. The molecule has 1 heterocycles. The minimum absolute atomic E-state index is 0.00312. The summed E-state index contributed by atoms with van der Waals surface area (Å²) < 4.78 is 5.35. The molecule has 0 amide bonds. The van der Waals surface area contributed by atoms with Crippen molar-refractivity contribution in [3.05, 3.63) is 48.2 Å². The van der Waals surface area contributed by atoms with Gasteiger partial charge in [-0.25, -0.2) is 0 Å². The lowest BCUT2D eigenvalue weighted by Gasteiger charge is -2.12. The highest BCUT2D eigenvalue weighted by atomic mass is 16.5. The number of nitrogens with zero attached hydrogens (tertiary/aromatic N) is 1. The fourth-order valence-corrected chi connectivity index (χ4v) is 1.73. The Bertz CT molecular complexity index is 495. The molecule has 0 aliphatic rings. The van der Waals surface area contributed by atoms with E-state index in [4.69, 9.17) is 10.5 Å².